The number of carboxylic acids is 1. The summed E-state index contributed by atoms with van der Waals surface area (Å²) in [6.45, 7) is 5.67. The zero-order chi connectivity index (χ0) is 10.3. The maximum atomic E-state index is 10.3. The predicted molar refractivity (Wildman–Crippen MR) is 50.7 cm³/mol. The van der Waals surface area contributed by atoms with E-state index in [1.807, 2.05) is 11.8 Å². The summed E-state index contributed by atoms with van der Waals surface area (Å²) in [5.41, 5.74) is 0. The Hall–Kier alpha value is -0.610. The van der Waals surface area contributed by atoms with E-state index in [1.165, 1.54) is 0 Å². The van der Waals surface area contributed by atoms with Gasteiger partial charge in [0.15, 0.2) is 0 Å². The highest BCUT2D eigenvalue weighted by Crippen LogP contribution is 1.96. The number of hydrogen-bond donors (Lipinski definition) is 2. The van der Waals surface area contributed by atoms with Crippen molar-refractivity contribution in [2.75, 3.05) is 19.6 Å². The van der Waals surface area contributed by atoms with Crippen molar-refractivity contribution in [1.29, 1.82) is 0 Å². The van der Waals surface area contributed by atoms with Crippen molar-refractivity contribution in [3.05, 3.63) is 0 Å². The molecule has 0 aromatic heterocycles. The van der Waals surface area contributed by atoms with Crippen molar-refractivity contribution >= 4 is 5.97 Å². The average molecular weight is 189 g/mol. The molecule has 0 rings (SSSR count). The van der Waals surface area contributed by atoms with Gasteiger partial charge >= 0.3 is 5.97 Å². The van der Waals surface area contributed by atoms with E-state index < -0.39 is 5.97 Å². The van der Waals surface area contributed by atoms with Crippen molar-refractivity contribution in [1.82, 2.24) is 4.90 Å². The Morgan fingerprint density at radius 3 is 2.46 bits per heavy atom. The number of nitrogens with zero attached hydrogens (tertiary/aromatic N) is 1. The van der Waals surface area contributed by atoms with Gasteiger partial charge in [-0.15, -0.1) is 0 Å². The molecule has 0 aromatic carbocycles. The van der Waals surface area contributed by atoms with Gasteiger partial charge in [0.2, 0.25) is 0 Å². The standard InChI is InChI=1S/C9H19NO3/c1-3-5-10(7-8(2)11)6-4-9(12)13/h8,11H,3-7H2,1-2H3,(H,12,13). The van der Waals surface area contributed by atoms with Crippen LogP contribution in [0.2, 0.25) is 0 Å². The Bertz CT molecular complexity index is 148. The zero-order valence-corrected chi connectivity index (χ0v) is 8.36. The summed E-state index contributed by atoms with van der Waals surface area (Å²) in [4.78, 5) is 12.3. The van der Waals surface area contributed by atoms with Crippen LogP contribution in [0.5, 0.6) is 0 Å². The Labute approximate surface area is 79.2 Å². The highest BCUT2D eigenvalue weighted by atomic mass is 16.4. The van der Waals surface area contributed by atoms with Gasteiger partial charge in [-0.1, -0.05) is 6.92 Å². The van der Waals surface area contributed by atoms with Gasteiger partial charge in [-0.3, -0.25) is 4.79 Å². The van der Waals surface area contributed by atoms with Gasteiger partial charge in [0.1, 0.15) is 0 Å². The van der Waals surface area contributed by atoms with Crippen molar-refractivity contribution in [3.8, 4) is 0 Å². The molecular weight excluding hydrogens is 170 g/mol. The Balaban J connectivity index is 3.72. The highest BCUT2D eigenvalue weighted by molar-refractivity contribution is 5.66. The van der Waals surface area contributed by atoms with Crippen molar-refractivity contribution < 1.29 is 15.0 Å². The molecule has 4 heteroatoms. The largest absolute Gasteiger partial charge is 0.481 e. The summed E-state index contributed by atoms with van der Waals surface area (Å²) in [6, 6.07) is 0. The topological polar surface area (TPSA) is 60.8 Å². The lowest BCUT2D eigenvalue weighted by molar-refractivity contribution is -0.137. The average Bonchev–Trinajstić information content (AvgIpc) is 1.99. The lowest BCUT2D eigenvalue weighted by Crippen LogP contribution is -2.33. The Kier molecular flexibility index (Phi) is 6.54. The third kappa shape index (κ3) is 7.74. The molecule has 0 spiro atoms. The molecule has 0 fully saturated rings. The van der Waals surface area contributed by atoms with Crippen LogP contribution in [-0.4, -0.2) is 46.8 Å². The van der Waals surface area contributed by atoms with E-state index in [2.05, 4.69) is 0 Å². The number of rotatable bonds is 7. The molecule has 0 heterocycles. The van der Waals surface area contributed by atoms with Crippen LogP contribution in [0.4, 0.5) is 0 Å². The van der Waals surface area contributed by atoms with Crippen LogP contribution in [-0.2, 0) is 4.79 Å². The van der Waals surface area contributed by atoms with Crippen LogP contribution >= 0.6 is 0 Å². The first-order chi connectivity index (χ1) is 6.06. The minimum atomic E-state index is -0.785. The summed E-state index contributed by atoms with van der Waals surface area (Å²) < 4.78 is 0. The quantitative estimate of drug-likeness (QED) is 0.614. The summed E-state index contributed by atoms with van der Waals surface area (Å²) in [6.07, 6.45) is 0.735. The zero-order valence-electron chi connectivity index (χ0n) is 8.36. The first-order valence-electron chi connectivity index (χ1n) is 4.68. The molecule has 1 atom stereocenters. The fourth-order valence-corrected chi connectivity index (χ4v) is 1.24. The molecule has 4 nitrogen and oxygen atoms in total. The molecule has 1 unspecified atom stereocenters. The lowest BCUT2D eigenvalue weighted by Gasteiger charge is -2.21. The monoisotopic (exact) mass is 189 g/mol. The van der Waals surface area contributed by atoms with Crippen LogP contribution in [0.25, 0.3) is 0 Å². The van der Waals surface area contributed by atoms with E-state index in [-0.39, 0.29) is 12.5 Å². The molecule has 0 radical (unpaired) electrons. The minimum Gasteiger partial charge on any atom is -0.481 e. The van der Waals surface area contributed by atoms with E-state index in [1.54, 1.807) is 6.92 Å². The molecule has 0 aliphatic carbocycles. The fraction of sp³-hybridized carbons (Fsp3) is 0.889. The number of aliphatic hydroxyl groups excluding tert-OH is 1. The molecule has 0 amide bonds. The van der Waals surface area contributed by atoms with Crippen LogP contribution < -0.4 is 0 Å². The van der Waals surface area contributed by atoms with Crippen LogP contribution in [0.3, 0.4) is 0 Å². The molecule has 13 heavy (non-hydrogen) atoms. The number of hydrogen-bond acceptors (Lipinski definition) is 3. The van der Waals surface area contributed by atoms with Crippen molar-refractivity contribution in [3.63, 3.8) is 0 Å². The second-order valence-corrected chi connectivity index (χ2v) is 3.29. The van der Waals surface area contributed by atoms with E-state index in [9.17, 15) is 4.79 Å². The van der Waals surface area contributed by atoms with E-state index >= 15 is 0 Å². The Morgan fingerprint density at radius 1 is 1.46 bits per heavy atom. The second kappa shape index (κ2) is 6.86. The van der Waals surface area contributed by atoms with Crippen LogP contribution in [0.15, 0.2) is 0 Å². The smallest absolute Gasteiger partial charge is 0.304 e. The molecular formula is C9H19NO3. The van der Waals surface area contributed by atoms with Crippen molar-refractivity contribution in [2.45, 2.75) is 32.8 Å². The number of aliphatic hydroxyl groups is 1. The molecule has 2 N–H and O–H groups in total. The summed E-state index contributed by atoms with van der Waals surface area (Å²) in [5.74, 6) is -0.785. The molecule has 0 aromatic rings. The molecule has 0 bridgehead atoms. The summed E-state index contributed by atoms with van der Waals surface area (Å²) in [5, 5.41) is 17.6. The molecule has 0 aliphatic rings. The van der Waals surface area contributed by atoms with Gasteiger partial charge in [0, 0.05) is 13.1 Å². The third-order valence-corrected chi connectivity index (χ3v) is 1.70. The number of carbonyl (C=O) groups is 1. The van der Waals surface area contributed by atoms with Gasteiger partial charge in [-0.2, -0.15) is 0 Å². The van der Waals surface area contributed by atoms with Gasteiger partial charge in [0.25, 0.3) is 0 Å². The van der Waals surface area contributed by atoms with Gasteiger partial charge < -0.3 is 15.1 Å². The van der Waals surface area contributed by atoms with Gasteiger partial charge in [-0.05, 0) is 19.9 Å². The third-order valence-electron chi connectivity index (χ3n) is 1.70. The van der Waals surface area contributed by atoms with E-state index in [0.717, 1.165) is 13.0 Å². The number of carboxylic acid groups (broad SMARTS) is 1. The summed E-state index contributed by atoms with van der Waals surface area (Å²) in [7, 11) is 0. The molecule has 0 saturated carbocycles. The highest BCUT2D eigenvalue weighted by Gasteiger charge is 2.08. The van der Waals surface area contributed by atoms with E-state index in [4.69, 9.17) is 10.2 Å². The first kappa shape index (κ1) is 12.4. The predicted octanol–water partition coefficient (Wildman–Crippen LogP) is 0.554. The Morgan fingerprint density at radius 2 is 2.08 bits per heavy atom. The normalized spacial score (nSPS) is 13.2. The maximum Gasteiger partial charge on any atom is 0.304 e. The molecule has 78 valence electrons. The minimum absolute atomic E-state index is 0.146. The van der Waals surface area contributed by atoms with E-state index in [0.29, 0.717) is 13.1 Å². The lowest BCUT2D eigenvalue weighted by atomic mass is 10.3. The van der Waals surface area contributed by atoms with Gasteiger partial charge in [-0.25, -0.2) is 0 Å². The van der Waals surface area contributed by atoms with Crippen molar-refractivity contribution in [2.24, 2.45) is 0 Å². The van der Waals surface area contributed by atoms with Gasteiger partial charge in [0.05, 0.1) is 12.5 Å². The molecule has 0 saturated heterocycles. The number of aliphatic carboxylic acids is 1. The maximum absolute atomic E-state index is 10.3. The first-order valence-corrected chi connectivity index (χ1v) is 4.68. The molecule has 0 aliphatic heterocycles. The summed E-state index contributed by atoms with van der Waals surface area (Å²) >= 11 is 0. The fourth-order valence-electron chi connectivity index (χ4n) is 1.24. The van der Waals surface area contributed by atoms with Crippen LogP contribution in [0.1, 0.15) is 26.7 Å². The second-order valence-electron chi connectivity index (χ2n) is 3.29. The SMILES string of the molecule is CCCN(CCC(=O)O)CC(C)O. The van der Waals surface area contributed by atoms with Crippen LogP contribution in [0, 0.1) is 0 Å².